The Labute approximate surface area is 76.9 Å². The van der Waals surface area contributed by atoms with E-state index in [0.29, 0.717) is 0 Å². The van der Waals surface area contributed by atoms with Gasteiger partial charge in [0.2, 0.25) is 0 Å². The van der Waals surface area contributed by atoms with Crippen LogP contribution in [-0.2, 0) is 0 Å². The number of hydrogen-bond acceptors (Lipinski definition) is 1. The van der Waals surface area contributed by atoms with Crippen LogP contribution in [-0.4, -0.2) is 12.6 Å². The summed E-state index contributed by atoms with van der Waals surface area (Å²) in [4.78, 5) is 0. The van der Waals surface area contributed by atoms with Crippen LogP contribution >= 0.6 is 0 Å². The molecule has 0 amide bonds. The van der Waals surface area contributed by atoms with Crippen LogP contribution in [0, 0.1) is 5.92 Å². The highest BCUT2D eigenvalue weighted by molar-refractivity contribution is 4.75. The second kappa shape index (κ2) is 5.58. The Bertz CT molecular complexity index is 112. The monoisotopic (exact) mass is 169 g/mol. The summed E-state index contributed by atoms with van der Waals surface area (Å²) in [6, 6.07) is 0.834. The lowest BCUT2D eigenvalue weighted by atomic mass is 9.87. The van der Waals surface area contributed by atoms with Gasteiger partial charge in [0.1, 0.15) is 0 Å². The van der Waals surface area contributed by atoms with E-state index in [-0.39, 0.29) is 0 Å². The van der Waals surface area contributed by atoms with E-state index in [4.69, 9.17) is 0 Å². The van der Waals surface area contributed by atoms with Gasteiger partial charge in [-0.3, -0.25) is 0 Å². The molecule has 1 fully saturated rings. The molecule has 1 heteroatoms. The Hall–Kier alpha value is -0.0400. The van der Waals surface area contributed by atoms with Gasteiger partial charge in [0.05, 0.1) is 0 Å². The van der Waals surface area contributed by atoms with Gasteiger partial charge in [-0.15, -0.1) is 0 Å². The summed E-state index contributed by atoms with van der Waals surface area (Å²) in [5.74, 6) is 0.956. The molecule has 0 radical (unpaired) electrons. The van der Waals surface area contributed by atoms with E-state index in [9.17, 15) is 0 Å². The smallest absolute Gasteiger partial charge is 0.00696 e. The van der Waals surface area contributed by atoms with Crippen LogP contribution in [0.25, 0.3) is 0 Å². The molecule has 12 heavy (non-hydrogen) atoms. The molecule has 0 aromatic carbocycles. The molecular weight excluding hydrogens is 146 g/mol. The fraction of sp³-hybridized carbons (Fsp3) is 1.00. The topological polar surface area (TPSA) is 12.0 Å². The first-order valence-electron chi connectivity index (χ1n) is 5.56. The van der Waals surface area contributed by atoms with Crippen LogP contribution in [0.4, 0.5) is 0 Å². The average molecular weight is 169 g/mol. The minimum absolute atomic E-state index is 0.834. The van der Waals surface area contributed by atoms with E-state index >= 15 is 0 Å². The van der Waals surface area contributed by atoms with Crippen molar-refractivity contribution in [3.63, 3.8) is 0 Å². The first kappa shape index (κ1) is 10.0. The number of nitrogens with one attached hydrogen (secondary N) is 1. The summed E-state index contributed by atoms with van der Waals surface area (Å²) in [6.45, 7) is 5.87. The van der Waals surface area contributed by atoms with Crippen molar-refractivity contribution >= 4 is 0 Å². The predicted octanol–water partition coefficient (Wildman–Crippen LogP) is 2.95. The molecular formula is C11H23N. The molecule has 1 rings (SSSR count). The molecule has 0 aromatic heterocycles. The van der Waals surface area contributed by atoms with Gasteiger partial charge in [0.25, 0.3) is 0 Å². The largest absolute Gasteiger partial charge is 0.314 e. The molecule has 0 aromatic rings. The summed E-state index contributed by atoms with van der Waals surface area (Å²) < 4.78 is 0. The molecule has 1 unspecified atom stereocenters. The quantitative estimate of drug-likeness (QED) is 0.638. The maximum absolute atomic E-state index is 3.65. The standard InChI is InChI=1S/C11H23N/c1-3-4-8-12-11-7-5-6-10(2)9-11/h10-12H,3-9H2,1-2H3/t10-,11?/m1/s1. The average Bonchev–Trinajstić information content (AvgIpc) is 2.05. The van der Waals surface area contributed by atoms with Crippen molar-refractivity contribution in [1.29, 1.82) is 0 Å². The Morgan fingerprint density at radius 3 is 2.83 bits per heavy atom. The minimum atomic E-state index is 0.834. The third-order valence-corrected chi connectivity index (χ3v) is 2.90. The predicted molar refractivity (Wildman–Crippen MR) is 54.3 cm³/mol. The molecule has 1 saturated carbocycles. The fourth-order valence-electron chi connectivity index (χ4n) is 2.10. The fourth-order valence-corrected chi connectivity index (χ4v) is 2.10. The lowest BCUT2D eigenvalue weighted by Crippen LogP contribution is -2.34. The van der Waals surface area contributed by atoms with Crippen molar-refractivity contribution in [2.75, 3.05) is 6.54 Å². The first-order chi connectivity index (χ1) is 5.83. The molecule has 0 bridgehead atoms. The van der Waals surface area contributed by atoms with Gasteiger partial charge in [-0.2, -0.15) is 0 Å². The third-order valence-electron chi connectivity index (χ3n) is 2.90. The zero-order chi connectivity index (χ0) is 8.81. The molecule has 2 atom stereocenters. The van der Waals surface area contributed by atoms with E-state index in [1.807, 2.05) is 0 Å². The lowest BCUT2D eigenvalue weighted by molar-refractivity contribution is 0.301. The van der Waals surface area contributed by atoms with E-state index < -0.39 is 0 Å². The van der Waals surface area contributed by atoms with Crippen molar-refractivity contribution in [3.05, 3.63) is 0 Å². The maximum atomic E-state index is 3.65. The molecule has 0 spiro atoms. The van der Waals surface area contributed by atoms with Crippen LogP contribution < -0.4 is 5.32 Å². The molecule has 72 valence electrons. The highest BCUT2D eigenvalue weighted by atomic mass is 14.9. The highest BCUT2D eigenvalue weighted by Crippen LogP contribution is 2.23. The summed E-state index contributed by atoms with van der Waals surface area (Å²) in [5.41, 5.74) is 0. The number of rotatable bonds is 4. The van der Waals surface area contributed by atoms with Gasteiger partial charge in [-0.05, 0) is 31.7 Å². The van der Waals surface area contributed by atoms with Crippen LogP contribution in [0.2, 0.25) is 0 Å². The minimum Gasteiger partial charge on any atom is -0.314 e. The van der Waals surface area contributed by atoms with E-state index in [1.54, 1.807) is 0 Å². The summed E-state index contributed by atoms with van der Waals surface area (Å²) >= 11 is 0. The Balaban J connectivity index is 2.06. The van der Waals surface area contributed by atoms with Gasteiger partial charge in [-0.1, -0.05) is 33.1 Å². The van der Waals surface area contributed by atoms with Crippen LogP contribution in [0.3, 0.4) is 0 Å². The van der Waals surface area contributed by atoms with Gasteiger partial charge in [0, 0.05) is 6.04 Å². The third kappa shape index (κ3) is 3.57. The van der Waals surface area contributed by atoms with Crippen molar-refractivity contribution in [2.45, 2.75) is 58.4 Å². The summed E-state index contributed by atoms with van der Waals surface area (Å²) in [5, 5.41) is 3.65. The normalized spacial score (nSPS) is 30.5. The molecule has 1 nitrogen and oxygen atoms in total. The molecule has 0 saturated heterocycles. The van der Waals surface area contributed by atoms with Crippen molar-refractivity contribution in [2.24, 2.45) is 5.92 Å². The Morgan fingerprint density at radius 2 is 2.17 bits per heavy atom. The van der Waals surface area contributed by atoms with Crippen molar-refractivity contribution < 1.29 is 0 Å². The Morgan fingerprint density at radius 1 is 1.33 bits per heavy atom. The molecule has 0 heterocycles. The SMILES string of the molecule is CCCCNC1CCC[C@@H](C)C1. The summed E-state index contributed by atoms with van der Waals surface area (Å²) in [6.07, 6.45) is 8.36. The molecule has 1 N–H and O–H groups in total. The van der Waals surface area contributed by atoms with Crippen molar-refractivity contribution in [3.8, 4) is 0 Å². The van der Waals surface area contributed by atoms with E-state index in [1.165, 1.54) is 45.1 Å². The van der Waals surface area contributed by atoms with Gasteiger partial charge < -0.3 is 5.32 Å². The van der Waals surface area contributed by atoms with Crippen LogP contribution in [0.5, 0.6) is 0 Å². The van der Waals surface area contributed by atoms with Crippen molar-refractivity contribution in [1.82, 2.24) is 5.32 Å². The Kier molecular flexibility index (Phi) is 4.67. The summed E-state index contributed by atoms with van der Waals surface area (Å²) in [7, 11) is 0. The number of unbranched alkanes of at least 4 members (excludes halogenated alkanes) is 1. The molecule has 1 aliphatic carbocycles. The zero-order valence-electron chi connectivity index (χ0n) is 8.60. The maximum Gasteiger partial charge on any atom is 0.00696 e. The zero-order valence-corrected chi connectivity index (χ0v) is 8.60. The van der Waals surface area contributed by atoms with E-state index in [0.717, 1.165) is 12.0 Å². The van der Waals surface area contributed by atoms with E-state index in [2.05, 4.69) is 19.2 Å². The van der Waals surface area contributed by atoms with Gasteiger partial charge >= 0.3 is 0 Å². The van der Waals surface area contributed by atoms with Crippen LogP contribution in [0.1, 0.15) is 52.4 Å². The first-order valence-corrected chi connectivity index (χ1v) is 5.56. The van der Waals surface area contributed by atoms with Gasteiger partial charge in [0.15, 0.2) is 0 Å². The second-order valence-corrected chi connectivity index (χ2v) is 4.28. The molecule has 1 aliphatic rings. The second-order valence-electron chi connectivity index (χ2n) is 4.28. The highest BCUT2D eigenvalue weighted by Gasteiger charge is 2.17. The van der Waals surface area contributed by atoms with Crippen LogP contribution in [0.15, 0.2) is 0 Å². The molecule has 0 aliphatic heterocycles. The number of hydrogen-bond donors (Lipinski definition) is 1. The van der Waals surface area contributed by atoms with Gasteiger partial charge in [-0.25, -0.2) is 0 Å². The lowest BCUT2D eigenvalue weighted by Gasteiger charge is -2.27.